The maximum absolute atomic E-state index is 13.3. The first kappa shape index (κ1) is 17.0. The zero-order valence-corrected chi connectivity index (χ0v) is 15.0. The van der Waals surface area contributed by atoms with Gasteiger partial charge in [-0.25, -0.2) is 4.39 Å². The lowest BCUT2D eigenvalue weighted by molar-refractivity contribution is -0.116. The molecule has 0 saturated heterocycles. The number of Topliss-reactive ketones (excluding diaryl/α,β-unsaturated/α-hetero) is 1. The highest BCUT2D eigenvalue weighted by molar-refractivity contribution is 8.00. The highest BCUT2D eigenvalue weighted by atomic mass is 32.2. The molecule has 1 heterocycles. The van der Waals surface area contributed by atoms with Gasteiger partial charge in [0.25, 0.3) is 0 Å². The van der Waals surface area contributed by atoms with Crippen molar-refractivity contribution < 1.29 is 9.18 Å². The van der Waals surface area contributed by atoms with Gasteiger partial charge in [-0.1, -0.05) is 42.1 Å². The van der Waals surface area contributed by atoms with Crippen molar-refractivity contribution in [3.8, 4) is 11.4 Å². The molecule has 3 aromatic rings. The molecule has 4 rings (SSSR count). The second-order valence-electron chi connectivity index (χ2n) is 6.35. The highest BCUT2D eigenvalue weighted by Gasteiger charge is 2.28. The van der Waals surface area contributed by atoms with Gasteiger partial charge in [0.2, 0.25) is 0 Å². The van der Waals surface area contributed by atoms with E-state index in [-0.39, 0.29) is 16.9 Å². The summed E-state index contributed by atoms with van der Waals surface area (Å²) in [6.07, 6.45) is 2.47. The van der Waals surface area contributed by atoms with Crippen molar-refractivity contribution in [1.82, 2.24) is 14.8 Å². The Morgan fingerprint density at radius 3 is 2.54 bits per heavy atom. The van der Waals surface area contributed by atoms with E-state index in [9.17, 15) is 9.18 Å². The SMILES string of the molecule is O=C1CCC[C@@H]1Sc1nnc(-c2ccc(F)cc2)n1Cc1ccccc1. The Morgan fingerprint density at radius 1 is 1.08 bits per heavy atom. The molecule has 6 heteroatoms. The van der Waals surface area contributed by atoms with E-state index in [2.05, 4.69) is 10.2 Å². The largest absolute Gasteiger partial charge is 0.298 e. The number of hydrogen-bond donors (Lipinski definition) is 0. The zero-order chi connectivity index (χ0) is 17.9. The predicted octanol–water partition coefficient (Wildman–Crippen LogP) is 4.35. The Bertz CT molecular complexity index is 909. The first-order chi connectivity index (χ1) is 12.7. The van der Waals surface area contributed by atoms with Crippen LogP contribution in [0.4, 0.5) is 4.39 Å². The molecule has 0 bridgehead atoms. The number of ketones is 1. The fourth-order valence-corrected chi connectivity index (χ4v) is 4.29. The van der Waals surface area contributed by atoms with E-state index in [4.69, 9.17) is 0 Å². The normalized spacial score (nSPS) is 17.0. The van der Waals surface area contributed by atoms with Gasteiger partial charge < -0.3 is 0 Å². The lowest BCUT2D eigenvalue weighted by atomic mass is 10.2. The minimum absolute atomic E-state index is 0.0465. The van der Waals surface area contributed by atoms with E-state index in [1.54, 1.807) is 12.1 Å². The molecule has 1 aliphatic rings. The molecule has 1 aliphatic carbocycles. The summed E-state index contributed by atoms with van der Waals surface area (Å²) in [4.78, 5) is 12.0. The minimum atomic E-state index is -0.283. The summed E-state index contributed by atoms with van der Waals surface area (Å²) >= 11 is 1.49. The van der Waals surface area contributed by atoms with Crippen LogP contribution in [0.2, 0.25) is 0 Å². The molecule has 1 atom stereocenters. The Balaban J connectivity index is 1.71. The topological polar surface area (TPSA) is 47.8 Å². The fourth-order valence-electron chi connectivity index (χ4n) is 3.13. The molecule has 0 amide bonds. The van der Waals surface area contributed by atoms with Crippen LogP contribution in [0.5, 0.6) is 0 Å². The van der Waals surface area contributed by atoms with E-state index in [0.29, 0.717) is 18.8 Å². The molecule has 0 N–H and O–H groups in total. The van der Waals surface area contributed by atoms with Crippen LogP contribution >= 0.6 is 11.8 Å². The van der Waals surface area contributed by atoms with Gasteiger partial charge in [0, 0.05) is 12.0 Å². The second-order valence-corrected chi connectivity index (χ2v) is 7.52. The summed E-state index contributed by atoms with van der Waals surface area (Å²) in [5, 5.41) is 9.36. The summed E-state index contributed by atoms with van der Waals surface area (Å²) in [5.74, 6) is 0.684. The summed E-state index contributed by atoms with van der Waals surface area (Å²) in [5.41, 5.74) is 1.93. The van der Waals surface area contributed by atoms with Gasteiger partial charge in [-0.2, -0.15) is 0 Å². The number of carbonyl (C=O) groups excluding carboxylic acids is 1. The van der Waals surface area contributed by atoms with Gasteiger partial charge in [0.05, 0.1) is 11.8 Å². The predicted molar refractivity (Wildman–Crippen MR) is 99.5 cm³/mol. The summed E-state index contributed by atoms with van der Waals surface area (Å²) < 4.78 is 15.3. The van der Waals surface area contributed by atoms with Gasteiger partial charge >= 0.3 is 0 Å². The third-order valence-corrected chi connectivity index (χ3v) is 5.80. The minimum Gasteiger partial charge on any atom is -0.298 e. The molecule has 0 spiro atoms. The number of benzene rings is 2. The van der Waals surface area contributed by atoms with Crippen LogP contribution in [0.25, 0.3) is 11.4 Å². The van der Waals surface area contributed by atoms with Crippen LogP contribution in [-0.2, 0) is 11.3 Å². The van der Waals surface area contributed by atoms with E-state index in [1.807, 2.05) is 34.9 Å². The molecule has 1 fully saturated rings. The monoisotopic (exact) mass is 367 g/mol. The Labute approximate surface area is 155 Å². The van der Waals surface area contributed by atoms with Crippen molar-refractivity contribution >= 4 is 17.5 Å². The molecule has 0 radical (unpaired) electrons. The van der Waals surface area contributed by atoms with Crippen molar-refractivity contribution in [3.05, 3.63) is 66.0 Å². The molecule has 2 aromatic carbocycles. The van der Waals surface area contributed by atoms with Crippen LogP contribution in [0.3, 0.4) is 0 Å². The number of nitrogens with zero attached hydrogens (tertiary/aromatic N) is 3. The van der Waals surface area contributed by atoms with Gasteiger partial charge in [-0.05, 0) is 42.7 Å². The highest BCUT2D eigenvalue weighted by Crippen LogP contribution is 2.33. The standard InChI is InChI=1S/C20H18FN3OS/c21-16-11-9-15(10-12-16)19-22-23-20(26-18-8-4-7-17(18)25)24(19)13-14-5-2-1-3-6-14/h1-3,5-6,9-12,18H,4,7-8,13H2/t18-/m0/s1. The number of rotatable bonds is 5. The molecule has 0 unspecified atom stereocenters. The average molecular weight is 367 g/mol. The van der Waals surface area contributed by atoms with Crippen LogP contribution in [0, 0.1) is 5.82 Å². The van der Waals surface area contributed by atoms with Crippen LogP contribution in [-0.4, -0.2) is 25.8 Å². The number of carbonyl (C=O) groups is 1. The van der Waals surface area contributed by atoms with E-state index in [0.717, 1.165) is 29.1 Å². The molecular weight excluding hydrogens is 349 g/mol. The van der Waals surface area contributed by atoms with Gasteiger partial charge in [0.15, 0.2) is 11.0 Å². The quantitative estimate of drug-likeness (QED) is 0.673. The first-order valence-electron chi connectivity index (χ1n) is 8.63. The van der Waals surface area contributed by atoms with Crippen molar-refractivity contribution in [2.45, 2.75) is 36.2 Å². The van der Waals surface area contributed by atoms with Crippen molar-refractivity contribution in [3.63, 3.8) is 0 Å². The van der Waals surface area contributed by atoms with Crippen LogP contribution in [0.1, 0.15) is 24.8 Å². The van der Waals surface area contributed by atoms with Crippen LogP contribution < -0.4 is 0 Å². The van der Waals surface area contributed by atoms with Gasteiger partial charge in [-0.3, -0.25) is 9.36 Å². The number of halogens is 1. The third kappa shape index (κ3) is 3.55. The summed E-state index contributed by atoms with van der Waals surface area (Å²) in [6.45, 7) is 0.601. The number of aromatic nitrogens is 3. The summed E-state index contributed by atoms with van der Waals surface area (Å²) in [6, 6.07) is 16.3. The lowest BCUT2D eigenvalue weighted by Gasteiger charge is -2.12. The van der Waals surface area contributed by atoms with Gasteiger partial charge in [0.1, 0.15) is 11.6 Å². The van der Waals surface area contributed by atoms with Crippen molar-refractivity contribution in [1.29, 1.82) is 0 Å². The average Bonchev–Trinajstić information content (AvgIpc) is 3.24. The van der Waals surface area contributed by atoms with Gasteiger partial charge in [-0.15, -0.1) is 10.2 Å². The molecule has 1 aromatic heterocycles. The second kappa shape index (κ2) is 7.41. The van der Waals surface area contributed by atoms with Crippen molar-refractivity contribution in [2.75, 3.05) is 0 Å². The Kier molecular flexibility index (Phi) is 4.84. The maximum Gasteiger partial charge on any atom is 0.192 e. The molecular formula is C20H18FN3OS. The van der Waals surface area contributed by atoms with E-state index < -0.39 is 0 Å². The number of hydrogen-bond acceptors (Lipinski definition) is 4. The van der Waals surface area contributed by atoms with Crippen molar-refractivity contribution in [2.24, 2.45) is 0 Å². The molecule has 132 valence electrons. The Hall–Kier alpha value is -2.47. The maximum atomic E-state index is 13.3. The van der Waals surface area contributed by atoms with E-state index in [1.165, 1.54) is 23.9 Å². The first-order valence-corrected chi connectivity index (χ1v) is 9.51. The fraction of sp³-hybridized carbons (Fsp3) is 0.250. The zero-order valence-electron chi connectivity index (χ0n) is 14.1. The third-order valence-electron chi connectivity index (χ3n) is 4.50. The number of thioether (sulfide) groups is 1. The molecule has 26 heavy (non-hydrogen) atoms. The Morgan fingerprint density at radius 2 is 1.85 bits per heavy atom. The van der Waals surface area contributed by atoms with Crippen LogP contribution in [0.15, 0.2) is 59.8 Å². The summed E-state index contributed by atoms with van der Waals surface area (Å²) in [7, 11) is 0. The van der Waals surface area contributed by atoms with E-state index >= 15 is 0 Å². The smallest absolute Gasteiger partial charge is 0.192 e. The molecule has 1 saturated carbocycles. The molecule has 4 nitrogen and oxygen atoms in total. The molecule has 0 aliphatic heterocycles. The lowest BCUT2D eigenvalue weighted by Crippen LogP contribution is -2.11.